The number of hydrogen-bond donors (Lipinski definition) is 1. The smallest absolute Gasteiger partial charge is 0.420 e. The molecular formula is C16H15N2O4S+. The minimum absolute atomic E-state index is 0.0600. The summed E-state index contributed by atoms with van der Waals surface area (Å²) >= 11 is 1.38. The third-order valence-corrected chi connectivity index (χ3v) is 4.51. The minimum Gasteiger partial charge on any atom is -0.420 e. The largest absolute Gasteiger partial charge is 0.533 e. The number of nitrogens with one attached hydrogen (secondary N) is 1. The van der Waals surface area contributed by atoms with Gasteiger partial charge in [0.2, 0.25) is 0 Å². The Bertz CT molecular complexity index is 772. The second-order valence-corrected chi connectivity index (χ2v) is 6.06. The van der Waals surface area contributed by atoms with Crippen molar-refractivity contribution in [2.24, 2.45) is 0 Å². The Labute approximate surface area is 136 Å². The number of fused-ring (bicyclic) bond motifs is 1. The summed E-state index contributed by atoms with van der Waals surface area (Å²) in [5, 5.41) is 4.48. The van der Waals surface area contributed by atoms with Crippen LogP contribution in [-0.4, -0.2) is 29.1 Å². The van der Waals surface area contributed by atoms with Gasteiger partial charge in [-0.3, -0.25) is 5.32 Å². The highest BCUT2D eigenvalue weighted by molar-refractivity contribution is 7.09. The molecule has 1 atom stereocenters. The fraction of sp³-hybridized carbons (Fsp3) is 0.188. The SMILES string of the molecule is CCOC(=O)[N+]1(Cc2cccs2)C(=O)Nc2ccccc2C1=O. The molecule has 3 rings (SSSR count). The average Bonchev–Trinajstić information content (AvgIpc) is 3.04. The molecule has 0 saturated carbocycles. The zero-order chi connectivity index (χ0) is 16.4. The van der Waals surface area contributed by atoms with Crippen LogP contribution in [0.4, 0.5) is 15.3 Å². The average molecular weight is 331 g/mol. The summed E-state index contributed by atoms with van der Waals surface area (Å²) in [6.45, 7) is 1.67. The maximum absolute atomic E-state index is 13.0. The lowest BCUT2D eigenvalue weighted by molar-refractivity contribution is -0.703. The van der Waals surface area contributed by atoms with Gasteiger partial charge in [0.25, 0.3) is 0 Å². The van der Waals surface area contributed by atoms with Crippen LogP contribution in [0.3, 0.4) is 0 Å². The highest BCUT2D eigenvalue weighted by Crippen LogP contribution is 2.32. The molecule has 0 aliphatic carbocycles. The summed E-state index contributed by atoms with van der Waals surface area (Å²) < 4.78 is 4.01. The zero-order valence-electron chi connectivity index (χ0n) is 12.4. The first-order valence-corrected chi connectivity index (χ1v) is 8.01. The van der Waals surface area contributed by atoms with E-state index in [1.165, 1.54) is 11.3 Å². The molecule has 1 aliphatic rings. The van der Waals surface area contributed by atoms with Crippen molar-refractivity contribution in [1.29, 1.82) is 0 Å². The number of rotatable bonds is 3. The van der Waals surface area contributed by atoms with Crippen LogP contribution < -0.4 is 5.32 Å². The normalized spacial score (nSPS) is 19.9. The van der Waals surface area contributed by atoms with Gasteiger partial charge in [-0.1, -0.05) is 22.7 Å². The van der Waals surface area contributed by atoms with Gasteiger partial charge in [-0.05, 0) is 30.5 Å². The van der Waals surface area contributed by atoms with Crippen LogP contribution in [0, 0.1) is 0 Å². The van der Waals surface area contributed by atoms with Crippen LogP contribution in [0.25, 0.3) is 0 Å². The summed E-state index contributed by atoms with van der Waals surface area (Å²) in [6.07, 6.45) is -0.863. The molecule has 1 aliphatic heterocycles. The number of carbonyl (C=O) groups excluding carboxylic acids is 3. The predicted molar refractivity (Wildman–Crippen MR) is 85.1 cm³/mol. The molecule has 0 bridgehead atoms. The maximum atomic E-state index is 13.0. The first-order valence-electron chi connectivity index (χ1n) is 7.13. The van der Waals surface area contributed by atoms with Crippen molar-refractivity contribution in [2.75, 3.05) is 11.9 Å². The van der Waals surface area contributed by atoms with Crippen LogP contribution in [0.5, 0.6) is 0 Å². The Morgan fingerprint density at radius 3 is 2.70 bits per heavy atom. The van der Waals surface area contributed by atoms with Gasteiger partial charge < -0.3 is 4.74 Å². The second kappa shape index (κ2) is 5.94. The van der Waals surface area contributed by atoms with Crippen LogP contribution in [0.15, 0.2) is 41.8 Å². The molecular weight excluding hydrogens is 316 g/mol. The number of para-hydroxylation sites is 1. The third-order valence-electron chi connectivity index (χ3n) is 3.65. The van der Waals surface area contributed by atoms with Gasteiger partial charge in [0.05, 0.1) is 17.2 Å². The number of benzene rings is 1. The highest BCUT2D eigenvalue weighted by atomic mass is 32.1. The molecule has 0 radical (unpaired) electrons. The number of urea groups is 1. The van der Waals surface area contributed by atoms with Gasteiger partial charge in [0, 0.05) is 0 Å². The van der Waals surface area contributed by atoms with E-state index in [0.29, 0.717) is 11.3 Å². The van der Waals surface area contributed by atoms with Crippen molar-refractivity contribution in [3.8, 4) is 0 Å². The summed E-state index contributed by atoms with van der Waals surface area (Å²) in [6, 6.07) is 9.54. The number of thiophene rings is 1. The molecule has 0 saturated heterocycles. The molecule has 6 nitrogen and oxygen atoms in total. The molecule has 1 unspecified atom stereocenters. The molecule has 4 amide bonds. The van der Waals surface area contributed by atoms with E-state index in [9.17, 15) is 14.4 Å². The Kier molecular flexibility index (Phi) is 3.97. The lowest BCUT2D eigenvalue weighted by Crippen LogP contribution is -2.64. The number of anilines is 1. The van der Waals surface area contributed by atoms with Crippen LogP contribution in [0.1, 0.15) is 22.2 Å². The maximum Gasteiger partial charge on any atom is 0.533 e. The van der Waals surface area contributed by atoms with E-state index < -0.39 is 22.5 Å². The predicted octanol–water partition coefficient (Wildman–Crippen LogP) is 3.61. The lowest BCUT2D eigenvalue weighted by atomic mass is 10.1. The second-order valence-electron chi connectivity index (χ2n) is 5.03. The number of amides is 4. The van der Waals surface area contributed by atoms with Crippen molar-refractivity contribution >= 4 is 35.1 Å². The molecule has 2 heterocycles. The van der Waals surface area contributed by atoms with Crippen molar-refractivity contribution in [1.82, 2.24) is 0 Å². The van der Waals surface area contributed by atoms with E-state index in [2.05, 4.69) is 5.32 Å². The van der Waals surface area contributed by atoms with Gasteiger partial charge in [-0.15, -0.1) is 11.3 Å². The zero-order valence-corrected chi connectivity index (χ0v) is 13.3. The highest BCUT2D eigenvalue weighted by Gasteiger charge is 2.58. The van der Waals surface area contributed by atoms with E-state index in [-0.39, 0.29) is 13.2 Å². The first-order chi connectivity index (χ1) is 11.1. The van der Waals surface area contributed by atoms with Gasteiger partial charge in [-0.2, -0.15) is 4.79 Å². The summed E-state index contributed by atoms with van der Waals surface area (Å²) in [5.41, 5.74) is 0.712. The molecule has 0 spiro atoms. The minimum atomic E-state index is -1.04. The number of hydrogen-bond acceptors (Lipinski definition) is 5. The fourth-order valence-corrected chi connectivity index (χ4v) is 3.29. The van der Waals surface area contributed by atoms with Crippen LogP contribution in [0.2, 0.25) is 0 Å². The summed E-state index contributed by atoms with van der Waals surface area (Å²) in [5.74, 6) is -0.573. The summed E-state index contributed by atoms with van der Waals surface area (Å²) in [4.78, 5) is 39.0. The molecule has 118 valence electrons. The van der Waals surface area contributed by atoms with E-state index in [0.717, 1.165) is 4.88 Å². The van der Waals surface area contributed by atoms with Gasteiger partial charge in [-0.25, -0.2) is 9.59 Å². The molecule has 1 aromatic heterocycles. The van der Waals surface area contributed by atoms with E-state index in [1.54, 1.807) is 37.3 Å². The monoisotopic (exact) mass is 331 g/mol. The number of carbonyl (C=O) groups is 3. The van der Waals surface area contributed by atoms with Crippen molar-refractivity contribution in [3.05, 3.63) is 52.2 Å². The van der Waals surface area contributed by atoms with Crippen molar-refractivity contribution in [3.63, 3.8) is 0 Å². The molecule has 2 aromatic rings. The number of ether oxygens (including phenoxy) is 1. The number of quaternary nitrogens is 1. The van der Waals surface area contributed by atoms with Crippen molar-refractivity contribution < 1.29 is 23.6 Å². The van der Waals surface area contributed by atoms with Crippen LogP contribution >= 0.6 is 11.3 Å². The van der Waals surface area contributed by atoms with E-state index in [1.807, 2.05) is 11.4 Å². The fourth-order valence-electron chi connectivity index (χ4n) is 2.53. The Hall–Kier alpha value is -2.51. The quantitative estimate of drug-likeness (QED) is 0.872. The van der Waals surface area contributed by atoms with Gasteiger partial charge in [0.1, 0.15) is 12.1 Å². The first kappa shape index (κ1) is 15.4. The molecule has 7 heteroatoms. The van der Waals surface area contributed by atoms with Gasteiger partial charge >= 0.3 is 18.0 Å². The topological polar surface area (TPSA) is 72.5 Å². The van der Waals surface area contributed by atoms with E-state index in [4.69, 9.17) is 4.74 Å². The van der Waals surface area contributed by atoms with E-state index >= 15 is 0 Å². The Morgan fingerprint density at radius 2 is 2.00 bits per heavy atom. The molecule has 23 heavy (non-hydrogen) atoms. The third kappa shape index (κ3) is 2.43. The number of nitrogens with zero attached hydrogens (tertiary/aromatic N) is 1. The number of imide groups is 3. The Morgan fingerprint density at radius 1 is 1.22 bits per heavy atom. The Balaban J connectivity index is 2.12. The molecule has 1 aromatic carbocycles. The lowest BCUT2D eigenvalue weighted by Gasteiger charge is -2.32. The van der Waals surface area contributed by atoms with Crippen molar-refractivity contribution in [2.45, 2.75) is 13.5 Å². The molecule has 1 N–H and O–H groups in total. The standard InChI is InChI=1S/C16H14N2O4S/c1-2-22-16(21)18(10-11-6-5-9-23-11)14(19)12-7-3-4-8-13(12)17-15(18)20/h3-9H,2,10H2,1H3/p+1. The van der Waals surface area contributed by atoms with Crippen LogP contribution in [-0.2, 0) is 11.3 Å². The van der Waals surface area contributed by atoms with Gasteiger partial charge in [0.15, 0.2) is 0 Å². The molecule has 0 fully saturated rings. The summed E-state index contributed by atoms with van der Waals surface area (Å²) in [7, 11) is 0.